The van der Waals surface area contributed by atoms with E-state index in [0.717, 1.165) is 4.90 Å². The minimum atomic E-state index is -1.16. The molecule has 2 aliphatic heterocycles. The first-order valence-electron chi connectivity index (χ1n) is 5.89. The maximum atomic E-state index is 12.1. The van der Waals surface area contributed by atoms with Crippen LogP contribution in [0.15, 0.2) is 0 Å². The Balaban J connectivity index is 2.30. The van der Waals surface area contributed by atoms with E-state index in [-0.39, 0.29) is 12.5 Å². The Morgan fingerprint density at radius 1 is 1.44 bits per heavy atom. The minimum Gasteiger partial charge on any atom is -0.480 e. The van der Waals surface area contributed by atoms with Crippen molar-refractivity contribution >= 4 is 17.9 Å². The number of fused-ring (bicyclic) bond motifs is 1. The van der Waals surface area contributed by atoms with Gasteiger partial charge in [-0.05, 0) is 5.92 Å². The zero-order valence-corrected chi connectivity index (χ0v) is 10.3. The minimum absolute atomic E-state index is 0.144. The maximum absolute atomic E-state index is 12.1. The van der Waals surface area contributed by atoms with Crippen molar-refractivity contribution in [1.29, 1.82) is 0 Å². The van der Waals surface area contributed by atoms with Crippen LogP contribution in [0.5, 0.6) is 0 Å². The molecule has 7 nitrogen and oxygen atoms in total. The van der Waals surface area contributed by atoms with Gasteiger partial charge >= 0.3 is 12.0 Å². The molecule has 7 heteroatoms. The Hall–Kier alpha value is -1.63. The van der Waals surface area contributed by atoms with Gasteiger partial charge in [-0.1, -0.05) is 13.8 Å². The number of carboxylic acid groups (broad SMARTS) is 1. The molecular weight excluding hydrogens is 240 g/mol. The molecule has 100 valence electrons. The van der Waals surface area contributed by atoms with E-state index < -0.39 is 30.0 Å². The highest BCUT2D eigenvalue weighted by Crippen LogP contribution is 2.25. The van der Waals surface area contributed by atoms with Crippen LogP contribution >= 0.6 is 0 Å². The van der Waals surface area contributed by atoms with Crippen molar-refractivity contribution in [2.75, 3.05) is 19.8 Å². The van der Waals surface area contributed by atoms with E-state index in [4.69, 9.17) is 4.74 Å². The number of imide groups is 1. The first kappa shape index (κ1) is 12.8. The van der Waals surface area contributed by atoms with Crippen LogP contribution in [0.25, 0.3) is 0 Å². The van der Waals surface area contributed by atoms with Crippen LogP contribution in [-0.2, 0) is 14.3 Å². The fraction of sp³-hybridized carbons (Fsp3) is 0.727. The number of carbonyl (C=O) groups is 3. The molecule has 1 unspecified atom stereocenters. The molecule has 2 aliphatic rings. The molecule has 0 radical (unpaired) electrons. The molecule has 2 heterocycles. The van der Waals surface area contributed by atoms with Crippen molar-refractivity contribution in [2.24, 2.45) is 5.92 Å². The molecule has 3 amide bonds. The lowest BCUT2D eigenvalue weighted by atomic mass is 10.0. The molecule has 1 N–H and O–H groups in total. The summed E-state index contributed by atoms with van der Waals surface area (Å²) in [6.07, 6.45) is 0. The standard InChI is InChI=1S/C11H16N2O5/c1-6(2)8(10(15)16)13-9(14)7-5-18-4-3-12(7)11(13)17/h6-8H,3-5H2,1-2H3,(H,15,16)/t7?,8-/m0/s1. The number of urea groups is 1. The van der Waals surface area contributed by atoms with Crippen molar-refractivity contribution < 1.29 is 24.2 Å². The molecule has 0 bridgehead atoms. The molecule has 0 aromatic rings. The molecule has 0 spiro atoms. The number of carbonyl (C=O) groups excluding carboxylic acids is 2. The summed E-state index contributed by atoms with van der Waals surface area (Å²) in [6, 6.07) is -2.29. The van der Waals surface area contributed by atoms with E-state index in [9.17, 15) is 19.5 Å². The highest BCUT2D eigenvalue weighted by atomic mass is 16.5. The van der Waals surface area contributed by atoms with E-state index in [1.54, 1.807) is 13.8 Å². The normalized spacial score (nSPS) is 25.6. The number of aliphatic carboxylic acids is 1. The smallest absolute Gasteiger partial charge is 0.328 e. The van der Waals surface area contributed by atoms with Crippen molar-refractivity contribution in [3.8, 4) is 0 Å². The summed E-state index contributed by atoms with van der Waals surface area (Å²) in [6.45, 7) is 4.20. The molecule has 0 saturated carbocycles. The average molecular weight is 256 g/mol. The molecule has 2 atom stereocenters. The van der Waals surface area contributed by atoms with Gasteiger partial charge in [-0.3, -0.25) is 4.79 Å². The van der Waals surface area contributed by atoms with Gasteiger partial charge in [0.1, 0.15) is 12.1 Å². The van der Waals surface area contributed by atoms with Crippen LogP contribution in [-0.4, -0.2) is 64.7 Å². The third-order valence-corrected chi connectivity index (χ3v) is 3.27. The quantitative estimate of drug-likeness (QED) is 0.704. The number of morpholine rings is 1. The number of nitrogens with zero attached hydrogens (tertiary/aromatic N) is 2. The van der Waals surface area contributed by atoms with E-state index in [0.29, 0.717) is 13.2 Å². The van der Waals surface area contributed by atoms with Crippen molar-refractivity contribution in [3.05, 3.63) is 0 Å². The lowest BCUT2D eigenvalue weighted by Crippen LogP contribution is -2.48. The van der Waals surface area contributed by atoms with Gasteiger partial charge in [0.2, 0.25) is 0 Å². The number of hydrogen-bond acceptors (Lipinski definition) is 4. The number of hydrogen-bond donors (Lipinski definition) is 1. The van der Waals surface area contributed by atoms with E-state index in [1.807, 2.05) is 0 Å². The van der Waals surface area contributed by atoms with Gasteiger partial charge in [0, 0.05) is 6.54 Å². The van der Waals surface area contributed by atoms with Gasteiger partial charge in [-0.25, -0.2) is 14.5 Å². The van der Waals surface area contributed by atoms with Crippen LogP contribution in [0.2, 0.25) is 0 Å². The zero-order valence-electron chi connectivity index (χ0n) is 10.3. The predicted octanol–water partition coefficient (Wildman–Crippen LogP) is -0.241. The van der Waals surface area contributed by atoms with Crippen LogP contribution in [0.1, 0.15) is 13.8 Å². The van der Waals surface area contributed by atoms with Crippen LogP contribution in [0, 0.1) is 5.92 Å². The summed E-state index contributed by atoms with van der Waals surface area (Å²) in [7, 11) is 0. The topological polar surface area (TPSA) is 87.2 Å². The van der Waals surface area contributed by atoms with Crippen molar-refractivity contribution in [1.82, 2.24) is 9.80 Å². The van der Waals surface area contributed by atoms with E-state index >= 15 is 0 Å². The second-order valence-electron chi connectivity index (χ2n) is 4.80. The SMILES string of the molecule is CC(C)[C@@H](C(=O)O)N1C(=O)C2COCCN2C1=O. The Bertz CT molecular complexity index is 371. The summed E-state index contributed by atoms with van der Waals surface area (Å²) in [5.41, 5.74) is 0. The van der Waals surface area contributed by atoms with E-state index in [2.05, 4.69) is 0 Å². The van der Waals surface area contributed by atoms with Crippen molar-refractivity contribution in [2.45, 2.75) is 25.9 Å². The summed E-state index contributed by atoms with van der Waals surface area (Å²) in [4.78, 5) is 37.7. The Morgan fingerprint density at radius 3 is 2.61 bits per heavy atom. The third kappa shape index (κ3) is 1.84. The van der Waals surface area contributed by atoms with E-state index in [1.165, 1.54) is 4.90 Å². The molecule has 2 fully saturated rings. The van der Waals surface area contributed by atoms with Gasteiger partial charge in [0.25, 0.3) is 5.91 Å². The molecular formula is C11H16N2O5. The lowest BCUT2D eigenvalue weighted by Gasteiger charge is -2.27. The number of rotatable bonds is 3. The second-order valence-corrected chi connectivity index (χ2v) is 4.80. The molecule has 0 aliphatic carbocycles. The molecule has 2 saturated heterocycles. The predicted molar refractivity (Wildman–Crippen MR) is 59.8 cm³/mol. The van der Waals surface area contributed by atoms with Gasteiger partial charge in [0.15, 0.2) is 0 Å². The Morgan fingerprint density at radius 2 is 2.11 bits per heavy atom. The fourth-order valence-electron chi connectivity index (χ4n) is 2.38. The molecule has 0 aromatic heterocycles. The van der Waals surface area contributed by atoms with Gasteiger partial charge < -0.3 is 14.7 Å². The largest absolute Gasteiger partial charge is 0.480 e. The number of carboxylic acids is 1. The highest BCUT2D eigenvalue weighted by molar-refractivity contribution is 6.07. The highest BCUT2D eigenvalue weighted by Gasteiger charge is 2.51. The maximum Gasteiger partial charge on any atom is 0.328 e. The first-order valence-corrected chi connectivity index (χ1v) is 5.89. The number of ether oxygens (including phenoxy) is 1. The van der Waals surface area contributed by atoms with Crippen LogP contribution in [0.3, 0.4) is 0 Å². The summed E-state index contributed by atoms with van der Waals surface area (Å²) >= 11 is 0. The Labute approximate surface area is 104 Å². The average Bonchev–Trinajstić information content (AvgIpc) is 2.55. The van der Waals surface area contributed by atoms with Gasteiger partial charge in [-0.2, -0.15) is 0 Å². The third-order valence-electron chi connectivity index (χ3n) is 3.27. The first-order chi connectivity index (χ1) is 8.45. The molecule has 18 heavy (non-hydrogen) atoms. The molecule has 0 aromatic carbocycles. The lowest BCUT2D eigenvalue weighted by molar-refractivity contribution is -0.149. The monoisotopic (exact) mass is 256 g/mol. The number of amides is 3. The summed E-state index contributed by atoms with van der Waals surface area (Å²) < 4.78 is 5.16. The zero-order chi connectivity index (χ0) is 13.4. The van der Waals surface area contributed by atoms with Gasteiger partial charge in [-0.15, -0.1) is 0 Å². The Kier molecular flexibility index (Phi) is 3.25. The van der Waals surface area contributed by atoms with Crippen molar-refractivity contribution in [3.63, 3.8) is 0 Å². The van der Waals surface area contributed by atoms with Crippen LogP contribution in [0.4, 0.5) is 4.79 Å². The van der Waals surface area contributed by atoms with Crippen LogP contribution < -0.4 is 0 Å². The summed E-state index contributed by atoms with van der Waals surface area (Å²) in [5.74, 6) is -1.97. The second kappa shape index (κ2) is 4.56. The summed E-state index contributed by atoms with van der Waals surface area (Å²) in [5, 5.41) is 9.18. The molecule has 2 rings (SSSR count). The van der Waals surface area contributed by atoms with Gasteiger partial charge in [0.05, 0.1) is 13.2 Å². The fourth-order valence-corrected chi connectivity index (χ4v) is 2.38.